The van der Waals surface area contributed by atoms with E-state index in [4.69, 9.17) is 32.9 Å². The van der Waals surface area contributed by atoms with Crippen molar-refractivity contribution in [1.82, 2.24) is 4.98 Å². The number of fused-ring (bicyclic) bond motifs is 1. The first-order valence-corrected chi connectivity index (χ1v) is 9.47. The van der Waals surface area contributed by atoms with E-state index in [9.17, 15) is 0 Å². The summed E-state index contributed by atoms with van der Waals surface area (Å²) in [4.78, 5) is 8.94. The van der Waals surface area contributed by atoms with E-state index >= 15 is 0 Å². The van der Waals surface area contributed by atoms with E-state index in [1.807, 2.05) is 12.1 Å². The van der Waals surface area contributed by atoms with Crippen LogP contribution in [0.2, 0.25) is 10.0 Å². The van der Waals surface area contributed by atoms with Crippen molar-refractivity contribution in [2.45, 2.75) is 12.3 Å². The van der Waals surface area contributed by atoms with E-state index in [2.05, 4.69) is 41.4 Å². The number of hydrogen-bond donors (Lipinski definition) is 0. The third-order valence-electron chi connectivity index (χ3n) is 4.91. The summed E-state index contributed by atoms with van der Waals surface area (Å²) in [5.41, 5.74) is 5.41. The van der Waals surface area contributed by atoms with Crippen LogP contribution in [0.1, 0.15) is 28.2 Å². The number of methoxy groups -OCH3 is 1. The van der Waals surface area contributed by atoms with Crippen molar-refractivity contribution in [3.63, 3.8) is 0 Å². The average molecular weight is 397 g/mol. The first-order valence-electron chi connectivity index (χ1n) is 8.72. The molecule has 0 saturated carbocycles. The van der Waals surface area contributed by atoms with Gasteiger partial charge in [0.25, 0.3) is 0 Å². The molecule has 0 spiro atoms. The fourth-order valence-electron chi connectivity index (χ4n) is 3.50. The minimum Gasteiger partial charge on any atom is -0.497 e. The Kier molecular flexibility index (Phi) is 5.15. The van der Waals surface area contributed by atoms with Crippen LogP contribution < -0.4 is 4.74 Å². The third kappa shape index (κ3) is 3.58. The monoisotopic (exact) mass is 396 g/mol. The van der Waals surface area contributed by atoms with Crippen LogP contribution in [-0.2, 0) is 6.42 Å². The van der Waals surface area contributed by atoms with Gasteiger partial charge in [0.2, 0.25) is 0 Å². The van der Waals surface area contributed by atoms with Gasteiger partial charge in [-0.15, -0.1) is 0 Å². The second-order valence-corrected chi connectivity index (χ2v) is 7.28. The lowest BCUT2D eigenvalue weighted by Gasteiger charge is -2.26. The number of pyridine rings is 1. The molecule has 0 amide bonds. The molecule has 3 aromatic rings. The summed E-state index contributed by atoms with van der Waals surface area (Å²) in [6.45, 7) is 0.680. The molecule has 4 rings (SSSR count). The van der Waals surface area contributed by atoms with Crippen LogP contribution in [0.5, 0.6) is 5.75 Å². The molecule has 0 aliphatic carbocycles. The number of hydrogen-bond acceptors (Lipinski definition) is 3. The molecule has 0 bridgehead atoms. The smallest absolute Gasteiger partial charge is 0.119 e. The third-order valence-corrected chi connectivity index (χ3v) is 5.56. The summed E-state index contributed by atoms with van der Waals surface area (Å²) in [7, 11) is 1.69. The lowest BCUT2D eigenvalue weighted by Crippen LogP contribution is -2.20. The van der Waals surface area contributed by atoms with Gasteiger partial charge in [-0.25, -0.2) is 0 Å². The Labute approximate surface area is 168 Å². The number of aliphatic imine (C=N–C) groups is 1. The fourth-order valence-corrected chi connectivity index (χ4v) is 4.00. The Hall–Kier alpha value is -2.36. The van der Waals surface area contributed by atoms with Gasteiger partial charge in [0.15, 0.2) is 0 Å². The van der Waals surface area contributed by atoms with Gasteiger partial charge < -0.3 is 4.74 Å². The number of ether oxygens (including phenoxy) is 1. The van der Waals surface area contributed by atoms with E-state index in [1.165, 1.54) is 11.1 Å². The first-order chi connectivity index (χ1) is 13.2. The summed E-state index contributed by atoms with van der Waals surface area (Å²) in [6.07, 6.45) is 3.81. The summed E-state index contributed by atoms with van der Waals surface area (Å²) in [5, 5.41) is 1.12. The van der Waals surface area contributed by atoms with Gasteiger partial charge in [0.05, 0.1) is 23.7 Å². The quantitative estimate of drug-likeness (QED) is 0.577. The van der Waals surface area contributed by atoms with Gasteiger partial charge in [-0.05, 0) is 40.5 Å². The zero-order valence-corrected chi connectivity index (χ0v) is 16.3. The number of halogens is 2. The molecule has 3 nitrogen and oxygen atoms in total. The van der Waals surface area contributed by atoms with E-state index in [0.29, 0.717) is 23.0 Å². The van der Waals surface area contributed by atoms with Crippen molar-refractivity contribution < 1.29 is 4.74 Å². The lowest BCUT2D eigenvalue weighted by molar-refractivity contribution is 0.414. The van der Waals surface area contributed by atoms with E-state index in [1.54, 1.807) is 19.5 Å². The van der Waals surface area contributed by atoms with Crippen molar-refractivity contribution in [3.8, 4) is 5.75 Å². The van der Waals surface area contributed by atoms with Crippen LogP contribution in [0.15, 0.2) is 65.9 Å². The fraction of sp³-hybridized carbons (Fsp3) is 0.182. The molecular formula is C22H18Cl2N2O. The lowest BCUT2D eigenvalue weighted by atomic mass is 9.83. The maximum atomic E-state index is 6.33. The highest BCUT2D eigenvalue weighted by Gasteiger charge is 2.25. The van der Waals surface area contributed by atoms with E-state index < -0.39 is 0 Å². The highest BCUT2D eigenvalue weighted by atomic mass is 35.5. The normalized spacial score (nSPS) is 15.8. The largest absolute Gasteiger partial charge is 0.497 e. The maximum Gasteiger partial charge on any atom is 0.119 e. The Bertz CT molecular complexity index is 982. The van der Waals surface area contributed by atoms with Crippen molar-refractivity contribution in [1.29, 1.82) is 0 Å². The van der Waals surface area contributed by atoms with Crippen LogP contribution in [0.25, 0.3) is 0 Å². The second kappa shape index (κ2) is 7.71. The zero-order chi connectivity index (χ0) is 18.8. The molecule has 1 atom stereocenters. The molecule has 2 aromatic carbocycles. The van der Waals surface area contributed by atoms with Crippen molar-refractivity contribution in [2.24, 2.45) is 4.99 Å². The Morgan fingerprint density at radius 2 is 1.78 bits per heavy atom. The molecule has 0 radical (unpaired) electrons. The second-order valence-electron chi connectivity index (χ2n) is 6.46. The van der Waals surface area contributed by atoms with Gasteiger partial charge >= 0.3 is 0 Å². The summed E-state index contributed by atoms with van der Waals surface area (Å²) in [6, 6.07) is 16.6. The molecule has 1 unspecified atom stereocenters. The van der Waals surface area contributed by atoms with Crippen molar-refractivity contribution >= 4 is 28.9 Å². The Morgan fingerprint density at radius 1 is 1.04 bits per heavy atom. The van der Waals surface area contributed by atoms with Gasteiger partial charge in [-0.1, -0.05) is 53.5 Å². The molecule has 136 valence electrons. The van der Waals surface area contributed by atoms with Crippen molar-refractivity contribution in [3.05, 3.63) is 93.2 Å². The topological polar surface area (TPSA) is 34.5 Å². The molecule has 2 heterocycles. The molecular weight excluding hydrogens is 379 g/mol. The first kappa shape index (κ1) is 18.0. The summed E-state index contributed by atoms with van der Waals surface area (Å²) in [5.74, 6) is 1.04. The van der Waals surface area contributed by atoms with Crippen LogP contribution in [0.3, 0.4) is 0 Å². The summed E-state index contributed by atoms with van der Waals surface area (Å²) >= 11 is 12.7. The van der Waals surface area contributed by atoms with Crippen LogP contribution in [-0.4, -0.2) is 24.4 Å². The van der Waals surface area contributed by atoms with Gasteiger partial charge in [0.1, 0.15) is 5.75 Å². The van der Waals surface area contributed by atoms with Crippen LogP contribution >= 0.6 is 23.2 Å². The molecule has 5 heteroatoms. The summed E-state index contributed by atoms with van der Waals surface area (Å²) < 4.78 is 5.47. The molecule has 1 aliphatic heterocycles. The Balaban J connectivity index is 1.77. The number of rotatable bonds is 4. The maximum absolute atomic E-state index is 6.33. The molecule has 27 heavy (non-hydrogen) atoms. The molecule has 0 N–H and O–H groups in total. The highest BCUT2D eigenvalue weighted by molar-refractivity contribution is 6.36. The van der Waals surface area contributed by atoms with E-state index in [0.717, 1.165) is 22.6 Å². The van der Waals surface area contributed by atoms with Gasteiger partial charge in [-0.3, -0.25) is 9.98 Å². The van der Waals surface area contributed by atoms with E-state index in [-0.39, 0.29) is 5.92 Å². The predicted octanol–water partition coefficient (Wildman–Crippen LogP) is 5.57. The van der Waals surface area contributed by atoms with Crippen molar-refractivity contribution in [2.75, 3.05) is 13.7 Å². The van der Waals surface area contributed by atoms with Gasteiger partial charge in [0, 0.05) is 30.4 Å². The molecule has 0 saturated heterocycles. The minimum absolute atomic E-state index is 0.198. The predicted molar refractivity (Wildman–Crippen MR) is 111 cm³/mol. The number of nitrogens with zero attached hydrogens (tertiary/aromatic N) is 2. The Morgan fingerprint density at radius 3 is 2.48 bits per heavy atom. The SMILES string of the molecule is COc1ccc2c(c1)C(c1ccccc1)CN=C2Cc1c(Cl)cncc1Cl. The van der Waals surface area contributed by atoms with Crippen LogP contribution in [0, 0.1) is 0 Å². The standard InChI is InChI=1S/C22H18Cl2N2O/c1-27-15-7-8-16-17(9-15)19(14-5-3-2-4-6-14)11-26-22(16)10-18-20(23)12-25-13-21(18)24/h2-9,12-13,19H,10-11H2,1H3. The van der Waals surface area contributed by atoms with Crippen LogP contribution in [0.4, 0.5) is 0 Å². The molecule has 1 aliphatic rings. The minimum atomic E-state index is 0.198. The highest BCUT2D eigenvalue weighted by Crippen LogP contribution is 2.35. The zero-order valence-electron chi connectivity index (χ0n) is 14.8. The molecule has 0 fully saturated rings. The number of aromatic nitrogens is 1. The molecule has 1 aromatic heterocycles. The average Bonchev–Trinajstić information content (AvgIpc) is 2.71. The number of benzene rings is 2. The van der Waals surface area contributed by atoms with Gasteiger partial charge in [-0.2, -0.15) is 0 Å².